The van der Waals surface area contributed by atoms with E-state index >= 15 is 0 Å². The summed E-state index contributed by atoms with van der Waals surface area (Å²) in [4.78, 5) is 16.9. The van der Waals surface area contributed by atoms with Crippen LogP contribution in [0.15, 0.2) is 40.1 Å². The molecule has 1 aromatic heterocycles. The lowest BCUT2D eigenvalue weighted by Gasteiger charge is -2.41. The molecule has 0 saturated carbocycles. The van der Waals surface area contributed by atoms with Gasteiger partial charge in [-0.3, -0.25) is 4.68 Å². The SMILES string of the molecule is CCOC(=O)N1CCC(Sc2cc(C(C)(C)C)c(O)c(C(C)(C)C)c2)(Sc2cc(C)c(OCCCn3nc(CO)cc3C)c(C(C)(C)C)c2)CC1. The van der Waals surface area contributed by atoms with E-state index in [0.717, 1.165) is 58.8 Å². The number of hydrogen-bond donors (Lipinski definition) is 2. The van der Waals surface area contributed by atoms with E-state index in [1.807, 2.05) is 53.0 Å². The Morgan fingerprint density at radius 1 is 0.863 bits per heavy atom. The van der Waals surface area contributed by atoms with Crippen LogP contribution in [0.3, 0.4) is 0 Å². The van der Waals surface area contributed by atoms with Crippen molar-refractivity contribution in [3.63, 3.8) is 0 Å². The molecular formula is C41H61N3O5S2. The number of nitrogens with zero attached hydrogens (tertiary/aromatic N) is 3. The zero-order valence-corrected chi connectivity index (χ0v) is 34.7. The van der Waals surface area contributed by atoms with Crippen molar-refractivity contribution in [2.45, 2.75) is 146 Å². The maximum atomic E-state index is 12.8. The summed E-state index contributed by atoms with van der Waals surface area (Å²) in [6, 6.07) is 10.8. The molecule has 4 rings (SSSR count). The minimum atomic E-state index is -0.261. The molecule has 1 amide bonds. The summed E-state index contributed by atoms with van der Waals surface area (Å²) in [6.07, 6.45) is 2.11. The van der Waals surface area contributed by atoms with Crippen LogP contribution in [0.1, 0.15) is 122 Å². The fraction of sp³-hybridized carbons (Fsp3) is 0.610. The number of phenolic OH excluding ortho intramolecular Hbond substituents is 1. The number of thioether (sulfide) groups is 2. The lowest BCUT2D eigenvalue weighted by molar-refractivity contribution is 0.0993. The average Bonchev–Trinajstić information content (AvgIpc) is 3.38. The van der Waals surface area contributed by atoms with Gasteiger partial charge in [-0.1, -0.05) is 62.3 Å². The number of aliphatic hydroxyl groups is 1. The highest BCUT2D eigenvalue weighted by Crippen LogP contribution is 2.54. The Labute approximate surface area is 315 Å². The van der Waals surface area contributed by atoms with Gasteiger partial charge in [-0.15, -0.1) is 23.5 Å². The van der Waals surface area contributed by atoms with Gasteiger partial charge >= 0.3 is 6.09 Å². The predicted molar refractivity (Wildman–Crippen MR) is 211 cm³/mol. The molecular weight excluding hydrogens is 679 g/mol. The van der Waals surface area contributed by atoms with Crippen molar-refractivity contribution in [2.75, 3.05) is 26.3 Å². The zero-order valence-electron chi connectivity index (χ0n) is 33.0. The first-order valence-electron chi connectivity index (χ1n) is 18.3. The van der Waals surface area contributed by atoms with Crippen LogP contribution < -0.4 is 4.74 Å². The molecule has 1 saturated heterocycles. The van der Waals surface area contributed by atoms with Gasteiger partial charge in [0.25, 0.3) is 0 Å². The van der Waals surface area contributed by atoms with Crippen molar-refractivity contribution in [1.82, 2.24) is 14.7 Å². The molecule has 282 valence electrons. The maximum Gasteiger partial charge on any atom is 0.409 e. The first-order valence-corrected chi connectivity index (χ1v) is 19.9. The van der Waals surface area contributed by atoms with E-state index in [2.05, 4.69) is 98.6 Å². The highest BCUT2D eigenvalue weighted by molar-refractivity contribution is 8.18. The third kappa shape index (κ3) is 10.2. The number of carbonyl (C=O) groups excluding carboxylic acids is 1. The number of ether oxygens (including phenoxy) is 2. The van der Waals surface area contributed by atoms with E-state index < -0.39 is 0 Å². The quantitative estimate of drug-likeness (QED) is 0.148. The highest BCUT2D eigenvalue weighted by Gasteiger charge is 2.40. The number of hydrogen-bond acceptors (Lipinski definition) is 8. The number of aromatic hydroxyl groups is 1. The van der Waals surface area contributed by atoms with E-state index in [4.69, 9.17) is 9.47 Å². The Hall–Kier alpha value is -2.82. The third-order valence-corrected chi connectivity index (χ3v) is 12.4. The lowest BCUT2D eigenvalue weighted by atomic mass is 9.79. The molecule has 0 radical (unpaired) electrons. The van der Waals surface area contributed by atoms with E-state index in [-0.39, 0.29) is 33.0 Å². The number of phenols is 1. The van der Waals surface area contributed by atoms with Gasteiger partial charge in [0, 0.05) is 58.2 Å². The van der Waals surface area contributed by atoms with Crippen LogP contribution in [-0.2, 0) is 34.1 Å². The molecule has 1 aliphatic rings. The molecule has 0 unspecified atom stereocenters. The number of amides is 1. The van der Waals surface area contributed by atoms with Crippen molar-refractivity contribution in [3.05, 3.63) is 64.0 Å². The number of piperidine rings is 1. The van der Waals surface area contributed by atoms with Crippen LogP contribution in [-0.4, -0.2) is 61.4 Å². The number of carbonyl (C=O) groups is 1. The largest absolute Gasteiger partial charge is 0.507 e. The summed E-state index contributed by atoms with van der Waals surface area (Å²) in [5, 5.41) is 25.4. The van der Waals surface area contributed by atoms with Gasteiger partial charge in [-0.2, -0.15) is 5.10 Å². The number of aliphatic hydroxyl groups excluding tert-OH is 1. The molecule has 3 aromatic rings. The van der Waals surface area contributed by atoms with Crippen LogP contribution in [0, 0.1) is 13.8 Å². The first kappa shape index (κ1) is 40.9. The second kappa shape index (κ2) is 16.0. The van der Waals surface area contributed by atoms with Crippen molar-refractivity contribution < 1.29 is 24.5 Å². The van der Waals surface area contributed by atoms with Crippen LogP contribution in [0.4, 0.5) is 4.79 Å². The number of aromatic nitrogens is 2. The summed E-state index contributed by atoms with van der Waals surface area (Å²) in [5.74, 6) is 1.32. The zero-order chi connectivity index (χ0) is 37.9. The second-order valence-electron chi connectivity index (χ2n) is 16.9. The fourth-order valence-electron chi connectivity index (χ4n) is 6.53. The summed E-state index contributed by atoms with van der Waals surface area (Å²) < 4.78 is 13.6. The van der Waals surface area contributed by atoms with E-state index in [1.165, 1.54) is 10.5 Å². The normalized spacial score (nSPS) is 15.3. The summed E-state index contributed by atoms with van der Waals surface area (Å²) in [5.41, 5.74) is 5.26. The minimum Gasteiger partial charge on any atom is -0.507 e. The molecule has 2 N–H and O–H groups in total. The van der Waals surface area contributed by atoms with Crippen molar-refractivity contribution in [2.24, 2.45) is 0 Å². The van der Waals surface area contributed by atoms with Crippen LogP contribution in [0.2, 0.25) is 0 Å². The predicted octanol–water partition coefficient (Wildman–Crippen LogP) is 9.89. The molecule has 8 nitrogen and oxygen atoms in total. The molecule has 0 aliphatic carbocycles. The van der Waals surface area contributed by atoms with Gasteiger partial charge < -0.3 is 24.6 Å². The third-order valence-electron chi connectivity index (χ3n) is 9.37. The number of likely N-dealkylation sites (tertiary alicyclic amines) is 1. The van der Waals surface area contributed by atoms with Gasteiger partial charge in [0.15, 0.2) is 0 Å². The van der Waals surface area contributed by atoms with E-state index in [1.54, 1.807) is 0 Å². The summed E-state index contributed by atoms with van der Waals surface area (Å²) in [7, 11) is 0. The average molecular weight is 740 g/mol. The number of rotatable bonds is 11. The topological polar surface area (TPSA) is 97.0 Å². The van der Waals surface area contributed by atoms with E-state index in [0.29, 0.717) is 37.7 Å². The number of aryl methyl sites for hydroxylation is 3. The molecule has 51 heavy (non-hydrogen) atoms. The van der Waals surface area contributed by atoms with Gasteiger partial charge in [0.1, 0.15) is 11.5 Å². The molecule has 0 atom stereocenters. The van der Waals surface area contributed by atoms with Crippen LogP contribution >= 0.6 is 23.5 Å². The van der Waals surface area contributed by atoms with Crippen molar-refractivity contribution >= 4 is 29.6 Å². The Bertz CT molecular complexity index is 1640. The minimum absolute atomic E-state index is 0.0584. The van der Waals surface area contributed by atoms with Gasteiger partial charge in [0.2, 0.25) is 0 Å². The Morgan fingerprint density at radius 3 is 1.88 bits per heavy atom. The van der Waals surface area contributed by atoms with Crippen molar-refractivity contribution in [1.29, 1.82) is 0 Å². The lowest BCUT2D eigenvalue weighted by Crippen LogP contribution is -2.44. The highest BCUT2D eigenvalue weighted by atomic mass is 32.2. The molecule has 1 aliphatic heterocycles. The molecule has 0 bridgehead atoms. The second-order valence-corrected chi connectivity index (χ2v) is 20.1. The smallest absolute Gasteiger partial charge is 0.409 e. The number of benzene rings is 2. The fourth-order valence-corrected chi connectivity index (χ4v) is 9.67. The van der Waals surface area contributed by atoms with Crippen molar-refractivity contribution in [3.8, 4) is 11.5 Å². The molecule has 10 heteroatoms. The molecule has 2 heterocycles. The Morgan fingerprint density at radius 2 is 1.39 bits per heavy atom. The van der Waals surface area contributed by atoms with Crippen LogP contribution in [0.5, 0.6) is 11.5 Å². The Kier molecular flexibility index (Phi) is 12.9. The molecule has 1 fully saturated rings. The van der Waals surface area contributed by atoms with Gasteiger partial charge in [-0.25, -0.2) is 4.79 Å². The van der Waals surface area contributed by atoms with Gasteiger partial charge in [-0.05, 0) is 85.8 Å². The van der Waals surface area contributed by atoms with E-state index in [9.17, 15) is 15.0 Å². The first-order chi connectivity index (χ1) is 23.7. The Balaban J connectivity index is 1.68. The monoisotopic (exact) mass is 739 g/mol. The van der Waals surface area contributed by atoms with Crippen LogP contribution in [0.25, 0.3) is 0 Å². The standard InChI is InChI=1S/C41H61N3O5S2/c1-13-48-37(47)43-18-15-41(16-19-43,51-31-23-32(38(4,5)6)35(46)33(24-31)39(7,8)9)50-30-21-27(2)36(34(25-30)40(10,11)12)49-20-14-17-44-28(3)22-29(26-45)42-44/h21-25,45-46H,13-20,26H2,1-12H3. The summed E-state index contributed by atoms with van der Waals surface area (Å²) in [6.45, 7) is 28.4. The molecule has 0 spiro atoms. The molecule has 2 aromatic carbocycles. The summed E-state index contributed by atoms with van der Waals surface area (Å²) >= 11 is 3.75. The van der Waals surface area contributed by atoms with Gasteiger partial charge in [0.05, 0.1) is 29.6 Å². The maximum absolute atomic E-state index is 12.8.